The summed E-state index contributed by atoms with van der Waals surface area (Å²) < 4.78 is 25.8. The summed E-state index contributed by atoms with van der Waals surface area (Å²) in [5, 5.41) is 3.35. The van der Waals surface area contributed by atoms with Crippen LogP contribution in [0.3, 0.4) is 0 Å². The molecule has 2 rings (SSSR count). The molecule has 1 unspecified atom stereocenters. The largest absolute Gasteiger partial charge is 0.326 e. The molecule has 5 nitrogen and oxygen atoms in total. The second-order valence-corrected chi connectivity index (χ2v) is 8.74. The minimum absolute atomic E-state index is 0.0271. The Morgan fingerprint density at radius 1 is 1.00 bits per heavy atom. The van der Waals surface area contributed by atoms with E-state index >= 15 is 0 Å². The lowest BCUT2D eigenvalue weighted by atomic mass is 10.0. The second-order valence-electron chi connectivity index (χ2n) is 6.52. The predicted octanol–water partition coefficient (Wildman–Crippen LogP) is 4.08. The number of hydrogen-bond donors (Lipinski definition) is 2. The lowest BCUT2D eigenvalue weighted by molar-refractivity contribution is -0.116. The Labute approximate surface area is 159 Å². The zero-order valence-corrected chi connectivity index (χ0v) is 16.6. The van der Waals surface area contributed by atoms with Gasteiger partial charge >= 0.3 is 0 Å². The van der Waals surface area contributed by atoms with E-state index in [0.717, 1.165) is 6.26 Å². The molecule has 0 aliphatic heterocycles. The maximum atomic E-state index is 12.4. The van der Waals surface area contributed by atoms with Gasteiger partial charge in [-0.05, 0) is 41.3 Å². The van der Waals surface area contributed by atoms with Gasteiger partial charge in [-0.2, -0.15) is 0 Å². The van der Waals surface area contributed by atoms with Crippen molar-refractivity contribution in [1.29, 1.82) is 0 Å². The minimum atomic E-state index is -3.48. The lowest BCUT2D eigenvalue weighted by Gasteiger charge is -2.18. The van der Waals surface area contributed by atoms with E-state index in [2.05, 4.69) is 23.9 Å². The third kappa shape index (κ3) is 6.44. The topological polar surface area (TPSA) is 75.3 Å². The summed E-state index contributed by atoms with van der Waals surface area (Å²) in [6.07, 6.45) is 1.04. The van der Waals surface area contributed by atoms with Crippen molar-refractivity contribution in [1.82, 2.24) is 4.72 Å². The fraction of sp³-hybridized carbons (Fsp3) is 0.316. The van der Waals surface area contributed by atoms with Crippen LogP contribution in [0.5, 0.6) is 0 Å². The zero-order valence-electron chi connectivity index (χ0n) is 15.0. The first-order valence-corrected chi connectivity index (χ1v) is 10.5. The van der Waals surface area contributed by atoms with E-state index < -0.39 is 16.1 Å². The van der Waals surface area contributed by atoms with Crippen LogP contribution in [-0.2, 0) is 14.8 Å². The number of sulfonamides is 1. The molecular weight excluding hydrogens is 372 g/mol. The van der Waals surface area contributed by atoms with Crippen molar-refractivity contribution >= 4 is 33.2 Å². The summed E-state index contributed by atoms with van der Waals surface area (Å²) in [4.78, 5) is 12.4. The molecule has 0 radical (unpaired) electrons. The van der Waals surface area contributed by atoms with Crippen LogP contribution in [0.15, 0.2) is 48.5 Å². The molecule has 2 aromatic carbocycles. The van der Waals surface area contributed by atoms with Crippen LogP contribution in [0.2, 0.25) is 5.02 Å². The molecule has 140 valence electrons. The first-order valence-electron chi connectivity index (χ1n) is 8.26. The molecule has 0 aromatic heterocycles. The smallest absolute Gasteiger partial charge is 0.226 e. The van der Waals surface area contributed by atoms with E-state index in [4.69, 9.17) is 11.6 Å². The van der Waals surface area contributed by atoms with Gasteiger partial charge in [-0.3, -0.25) is 4.79 Å². The van der Waals surface area contributed by atoms with Gasteiger partial charge in [0, 0.05) is 17.1 Å². The highest BCUT2D eigenvalue weighted by Crippen LogP contribution is 2.22. The molecular formula is C19H23ClN2O3S. The molecule has 0 heterocycles. The highest BCUT2D eigenvalue weighted by Gasteiger charge is 2.20. The number of rotatable bonds is 7. The van der Waals surface area contributed by atoms with Crippen molar-refractivity contribution in [3.63, 3.8) is 0 Å². The Balaban J connectivity index is 2.11. The average molecular weight is 395 g/mol. The Morgan fingerprint density at radius 2 is 1.54 bits per heavy atom. The van der Waals surface area contributed by atoms with E-state index in [0.29, 0.717) is 22.2 Å². The fourth-order valence-corrected chi connectivity index (χ4v) is 3.39. The number of hydrogen-bond acceptors (Lipinski definition) is 3. The van der Waals surface area contributed by atoms with Gasteiger partial charge in [0.05, 0.1) is 12.3 Å². The van der Waals surface area contributed by atoms with Crippen LogP contribution in [0, 0.1) is 0 Å². The van der Waals surface area contributed by atoms with Crippen LogP contribution < -0.4 is 10.0 Å². The third-order valence-corrected chi connectivity index (χ3v) is 4.84. The summed E-state index contributed by atoms with van der Waals surface area (Å²) >= 11 is 5.88. The molecule has 0 saturated heterocycles. The van der Waals surface area contributed by atoms with Gasteiger partial charge in [0.15, 0.2) is 0 Å². The maximum absolute atomic E-state index is 12.4. The lowest BCUT2D eigenvalue weighted by Crippen LogP contribution is -2.30. The van der Waals surface area contributed by atoms with Crippen molar-refractivity contribution in [2.45, 2.75) is 32.2 Å². The molecule has 1 atom stereocenters. The van der Waals surface area contributed by atoms with Gasteiger partial charge in [-0.15, -0.1) is 0 Å². The zero-order chi connectivity index (χ0) is 19.3. The van der Waals surface area contributed by atoms with Gasteiger partial charge in [0.25, 0.3) is 0 Å². The highest BCUT2D eigenvalue weighted by atomic mass is 35.5. The van der Waals surface area contributed by atoms with Gasteiger partial charge < -0.3 is 5.32 Å². The summed E-state index contributed by atoms with van der Waals surface area (Å²) in [7, 11) is -3.48. The van der Waals surface area contributed by atoms with Crippen molar-refractivity contribution in [3.05, 3.63) is 64.7 Å². The molecule has 0 bridgehead atoms. The predicted molar refractivity (Wildman–Crippen MR) is 106 cm³/mol. The van der Waals surface area contributed by atoms with Crippen LogP contribution in [-0.4, -0.2) is 20.6 Å². The van der Waals surface area contributed by atoms with E-state index in [1.807, 2.05) is 24.3 Å². The molecule has 2 N–H and O–H groups in total. The Bertz CT molecular complexity index is 847. The number of halogens is 1. The summed E-state index contributed by atoms with van der Waals surface area (Å²) in [5.41, 5.74) is 2.53. The quantitative estimate of drug-likeness (QED) is 0.742. The van der Waals surface area contributed by atoms with Crippen LogP contribution in [0.4, 0.5) is 5.69 Å². The Hall–Kier alpha value is -1.89. The average Bonchev–Trinajstić information content (AvgIpc) is 2.54. The molecule has 0 fully saturated rings. The van der Waals surface area contributed by atoms with E-state index in [1.165, 1.54) is 5.56 Å². The second kappa shape index (κ2) is 8.66. The SMILES string of the molecule is CC(C)c1ccc(NC(=O)CC(NS(C)(=O)=O)c2ccc(Cl)cc2)cc1. The van der Waals surface area contributed by atoms with Crippen LogP contribution in [0.1, 0.15) is 43.4 Å². The van der Waals surface area contributed by atoms with E-state index in [9.17, 15) is 13.2 Å². The molecule has 7 heteroatoms. The first-order chi connectivity index (χ1) is 12.1. The first kappa shape index (κ1) is 20.4. The number of anilines is 1. The number of carbonyl (C=O) groups excluding carboxylic acids is 1. The van der Waals surface area contributed by atoms with Crippen LogP contribution >= 0.6 is 11.6 Å². The van der Waals surface area contributed by atoms with Gasteiger partial charge in [-0.25, -0.2) is 13.1 Å². The Kier molecular flexibility index (Phi) is 6.81. The molecule has 1 amide bonds. The number of amides is 1. The molecule has 0 aliphatic rings. The molecule has 2 aromatic rings. The van der Waals surface area contributed by atoms with Crippen molar-refractivity contribution in [2.24, 2.45) is 0 Å². The summed E-state index contributed by atoms with van der Waals surface area (Å²) in [5.74, 6) is 0.131. The maximum Gasteiger partial charge on any atom is 0.226 e. The standard InChI is InChI=1S/C19H23ClN2O3S/c1-13(2)14-6-10-17(11-7-14)21-19(23)12-18(22-26(3,24)25)15-4-8-16(20)9-5-15/h4-11,13,18,22H,12H2,1-3H3,(H,21,23). The monoisotopic (exact) mass is 394 g/mol. The molecule has 0 aliphatic carbocycles. The molecule has 0 spiro atoms. The van der Waals surface area contributed by atoms with Crippen LogP contribution in [0.25, 0.3) is 0 Å². The molecule has 26 heavy (non-hydrogen) atoms. The van der Waals surface area contributed by atoms with E-state index in [1.54, 1.807) is 24.3 Å². The number of nitrogens with one attached hydrogen (secondary N) is 2. The van der Waals surface area contributed by atoms with Crippen molar-refractivity contribution in [2.75, 3.05) is 11.6 Å². The number of carbonyl (C=O) groups is 1. The van der Waals surface area contributed by atoms with Gasteiger partial charge in [-0.1, -0.05) is 49.7 Å². The fourth-order valence-electron chi connectivity index (χ4n) is 2.53. The Morgan fingerprint density at radius 3 is 2.04 bits per heavy atom. The van der Waals surface area contributed by atoms with Crippen molar-refractivity contribution in [3.8, 4) is 0 Å². The highest BCUT2D eigenvalue weighted by molar-refractivity contribution is 7.88. The number of benzene rings is 2. The normalized spacial score (nSPS) is 12.8. The third-order valence-electron chi connectivity index (χ3n) is 3.88. The van der Waals surface area contributed by atoms with Crippen molar-refractivity contribution < 1.29 is 13.2 Å². The van der Waals surface area contributed by atoms with Gasteiger partial charge in [0.2, 0.25) is 15.9 Å². The minimum Gasteiger partial charge on any atom is -0.326 e. The van der Waals surface area contributed by atoms with Gasteiger partial charge in [0.1, 0.15) is 0 Å². The molecule has 0 saturated carbocycles. The summed E-state index contributed by atoms with van der Waals surface area (Å²) in [6, 6.07) is 13.7. The summed E-state index contributed by atoms with van der Waals surface area (Å²) in [6.45, 7) is 4.20. The van der Waals surface area contributed by atoms with E-state index in [-0.39, 0.29) is 12.3 Å².